The number of hydrogen-bond acceptors (Lipinski definition) is 3. The van der Waals surface area contributed by atoms with Gasteiger partial charge in [-0.15, -0.1) is 11.8 Å². The van der Waals surface area contributed by atoms with Gasteiger partial charge in [0.1, 0.15) is 0 Å². The second kappa shape index (κ2) is 7.39. The van der Waals surface area contributed by atoms with Crippen molar-refractivity contribution in [3.63, 3.8) is 0 Å². The van der Waals surface area contributed by atoms with E-state index in [1.165, 1.54) is 22.9 Å². The van der Waals surface area contributed by atoms with Gasteiger partial charge >= 0.3 is 0 Å². The van der Waals surface area contributed by atoms with Crippen LogP contribution >= 0.6 is 11.8 Å². The molecule has 0 saturated carbocycles. The number of aryl methyl sites for hydroxylation is 2. The molecule has 27 heavy (non-hydrogen) atoms. The van der Waals surface area contributed by atoms with E-state index in [-0.39, 0.29) is 11.8 Å². The maximum Gasteiger partial charge on any atom is 0.237 e. The minimum absolute atomic E-state index is 0.0962. The second-order valence-corrected chi connectivity index (χ2v) is 8.23. The van der Waals surface area contributed by atoms with Crippen molar-refractivity contribution < 1.29 is 9.59 Å². The first kappa shape index (κ1) is 18.1. The number of hydrogen-bond donors (Lipinski definition) is 0. The van der Waals surface area contributed by atoms with Crippen LogP contribution in [0.2, 0.25) is 0 Å². The van der Waals surface area contributed by atoms with Crippen LogP contribution in [0.15, 0.2) is 36.4 Å². The van der Waals surface area contributed by atoms with Crippen LogP contribution in [0.1, 0.15) is 22.3 Å². The van der Waals surface area contributed by atoms with E-state index in [9.17, 15) is 9.59 Å². The highest BCUT2D eigenvalue weighted by Gasteiger charge is 2.28. The van der Waals surface area contributed by atoms with Crippen LogP contribution in [0.5, 0.6) is 0 Å². The predicted molar refractivity (Wildman–Crippen MR) is 112 cm³/mol. The number of rotatable bonds is 4. The van der Waals surface area contributed by atoms with Crippen LogP contribution in [-0.2, 0) is 22.4 Å². The molecule has 2 aromatic rings. The molecule has 4 nitrogen and oxygen atoms in total. The Labute approximate surface area is 164 Å². The number of carbonyl (C=O) groups is 2. The van der Waals surface area contributed by atoms with Crippen molar-refractivity contribution in [1.29, 1.82) is 0 Å². The monoisotopic (exact) mass is 380 g/mol. The third kappa shape index (κ3) is 3.36. The first-order valence-electron chi connectivity index (χ1n) is 9.41. The zero-order valence-electron chi connectivity index (χ0n) is 15.8. The summed E-state index contributed by atoms with van der Waals surface area (Å²) >= 11 is 1.42. The molecule has 0 spiro atoms. The van der Waals surface area contributed by atoms with Crippen LogP contribution in [0.25, 0.3) is 0 Å². The SMILES string of the molecule is Cc1cccc2c1N(C(=O)CSCC(=O)N1CCc3cccc(C)c31)CC2. The molecular formula is C22H24N2O2S. The molecule has 0 fully saturated rings. The summed E-state index contributed by atoms with van der Waals surface area (Å²) in [5, 5.41) is 0. The molecule has 0 aromatic heterocycles. The lowest BCUT2D eigenvalue weighted by atomic mass is 10.1. The average Bonchev–Trinajstić information content (AvgIpc) is 3.27. The Bertz CT molecular complexity index is 836. The minimum Gasteiger partial charge on any atom is -0.311 e. The highest BCUT2D eigenvalue weighted by molar-refractivity contribution is 8.00. The summed E-state index contributed by atoms with van der Waals surface area (Å²) in [6, 6.07) is 12.4. The first-order chi connectivity index (χ1) is 13.1. The van der Waals surface area contributed by atoms with Crippen molar-refractivity contribution in [3.05, 3.63) is 58.7 Å². The van der Waals surface area contributed by atoms with Gasteiger partial charge in [-0.2, -0.15) is 0 Å². The lowest BCUT2D eigenvalue weighted by Gasteiger charge is -2.21. The zero-order chi connectivity index (χ0) is 19.0. The molecule has 2 aromatic carbocycles. The molecule has 5 heteroatoms. The quantitative estimate of drug-likeness (QED) is 0.815. The van der Waals surface area contributed by atoms with Crippen molar-refractivity contribution in [1.82, 2.24) is 0 Å². The van der Waals surface area contributed by atoms with Gasteiger partial charge in [-0.25, -0.2) is 0 Å². The van der Waals surface area contributed by atoms with Crippen molar-refractivity contribution in [2.45, 2.75) is 26.7 Å². The molecule has 2 heterocycles. The second-order valence-electron chi connectivity index (χ2n) is 7.25. The highest BCUT2D eigenvalue weighted by atomic mass is 32.2. The standard InChI is InChI=1S/C22H24N2O2S/c1-15-5-3-7-17-9-11-23(21(15)17)19(25)13-27-14-20(26)24-12-10-18-8-4-6-16(2)22(18)24/h3-8H,9-14H2,1-2H3. The Balaban J connectivity index is 1.35. The molecule has 0 bridgehead atoms. The maximum atomic E-state index is 12.7. The molecule has 0 unspecified atom stereocenters. The fourth-order valence-corrected chi connectivity index (χ4v) is 4.95. The Hall–Kier alpha value is -2.27. The molecule has 0 N–H and O–H groups in total. The number of thioether (sulfide) groups is 1. The molecule has 2 aliphatic heterocycles. The van der Waals surface area contributed by atoms with Crippen molar-refractivity contribution in [2.24, 2.45) is 0 Å². The van der Waals surface area contributed by atoms with Crippen LogP contribution in [0.4, 0.5) is 11.4 Å². The topological polar surface area (TPSA) is 40.6 Å². The van der Waals surface area contributed by atoms with Gasteiger partial charge in [-0.1, -0.05) is 36.4 Å². The van der Waals surface area contributed by atoms with E-state index in [2.05, 4.69) is 12.1 Å². The van der Waals surface area contributed by atoms with Gasteiger partial charge in [-0.05, 0) is 48.9 Å². The smallest absolute Gasteiger partial charge is 0.237 e. The summed E-state index contributed by atoms with van der Waals surface area (Å²) in [6.07, 6.45) is 1.83. The van der Waals surface area contributed by atoms with Crippen molar-refractivity contribution in [2.75, 3.05) is 34.4 Å². The number of anilines is 2. The highest BCUT2D eigenvalue weighted by Crippen LogP contribution is 2.33. The van der Waals surface area contributed by atoms with Crippen LogP contribution in [0.3, 0.4) is 0 Å². The van der Waals surface area contributed by atoms with E-state index in [0.29, 0.717) is 11.5 Å². The van der Waals surface area contributed by atoms with Crippen molar-refractivity contribution >= 4 is 35.0 Å². The lowest BCUT2D eigenvalue weighted by molar-refractivity contribution is -0.116. The summed E-state index contributed by atoms with van der Waals surface area (Å²) in [7, 11) is 0. The third-order valence-electron chi connectivity index (χ3n) is 5.45. The van der Waals surface area contributed by atoms with Crippen molar-refractivity contribution in [3.8, 4) is 0 Å². The number of para-hydroxylation sites is 2. The fraction of sp³-hybridized carbons (Fsp3) is 0.364. The zero-order valence-corrected chi connectivity index (χ0v) is 16.6. The Morgan fingerprint density at radius 1 is 0.815 bits per heavy atom. The van der Waals surface area contributed by atoms with Crippen LogP contribution < -0.4 is 9.80 Å². The summed E-state index contributed by atoms with van der Waals surface area (Å²) < 4.78 is 0. The number of carbonyl (C=O) groups excluding carboxylic acids is 2. The van der Waals surface area contributed by atoms with E-state index in [1.54, 1.807) is 0 Å². The maximum absolute atomic E-state index is 12.7. The summed E-state index contributed by atoms with van der Waals surface area (Å²) in [6.45, 7) is 5.58. The molecule has 0 radical (unpaired) electrons. The lowest BCUT2D eigenvalue weighted by Crippen LogP contribution is -2.33. The predicted octanol–water partition coefficient (Wildman–Crippen LogP) is 3.52. The molecule has 4 rings (SSSR count). The van der Waals surface area contributed by atoms with E-state index in [0.717, 1.165) is 48.4 Å². The molecular weight excluding hydrogens is 356 g/mol. The molecule has 0 saturated heterocycles. The number of amides is 2. The van der Waals surface area contributed by atoms with Gasteiger partial charge in [0, 0.05) is 24.5 Å². The number of nitrogens with zero attached hydrogens (tertiary/aromatic N) is 2. The fourth-order valence-electron chi connectivity index (χ4n) is 4.18. The van der Waals surface area contributed by atoms with Crippen LogP contribution in [-0.4, -0.2) is 36.4 Å². The summed E-state index contributed by atoms with van der Waals surface area (Å²) in [5.74, 6) is 0.875. The minimum atomic E-state index is 0.0962. The molecule has 2 aliphatic rings. The third-order valence-corrected chi connectivity index (χ3v) is 6.35. The van der Waals surface area contributed by atoms with Gasteiger partial charge in [0.15, 0.2) is 0 Å². The first-order valence-corrected chi connectivity index (χ1v) is 10.6. The van der Waals surface area contributed by atoms with Gasteiger partial charge < -0.3 is 9.80 Å². The number of benzene rings is 2. The average molecular weight is 381 g/mol. The van der Waals surface area contributed by atoms with Gasteiger partial charge in [0.2, 0.25) is 11.8 Å². The Morgan fingerprint density at radius 2 is 1.26 bits per heavy atom. The molecule has 0 atom stereocenters. The van der Waals surface area contributed by atoms with E-state index < -0.39 is 0 Å². The Morgan fingerprint density at radius 3 is 1.70 bits per heavy atom. The van der Waals surface area contributed by atoms with Gasteiger partial charge in [-0.3, -0.25) is 9.59 Å². The van der Waals surface area contributed by atoms with Gasteiger partial charge in [0.05, 0.1) is 11.5 Å². The normalized spacial score (nSPS) is 15.0. The van der Waals surface area contributed by atoms with E-state index in [4.69, 9.17) is 0 Å². The Kier molecular flexibility index (Phi) is 4.96. The molecule has 140 valence electrons. The van der Waals surface area contributed by atoms with Gasteiger partial charge in [0.25, 0.3) is 0 Å². The number of fused-ring (bicyclic) bond motifs is 2. The van der Waals surface area contributed by atoms with E-state index in [1.807, 2.05) is 47.9 Å². The van der Waals surface area contributed by atoms with Crippen LogP contribution in [0, 0.1) is 13.8 Å². The summed E-state index contributed by atoms with van der Waals surface area (Å²) in [4.78, 5) is 29.2. The molecule has 0 aliphatic carbocycles. The van der Waals surface area contributed by atoms with E-state index >= 15 is 0 Å². The summed E-state index contributed by atoms with van der Waals surface area (Å²) in [5.41, 5.74) is 6.91. The largest absolute Gasteiger partial charge is 0.311 e. The molecule has 2 amide bonds.